The van der Waals surface area contributed by atoms with Gasteiger partial charge in [-0.15, -0.1) is 0 Å². The van der Waals surface area contributed by atoms with E-state index in [1.54, 1.807) is 0 Å². The fourth-order valence-electron chi connectivity index (χ4n) is 3.26. The normalized spacial score (nSPS) is 22.9. The Kier molecular flexibility index (Phi) is 3.27. The number of nitrogens with two attached hydrogens (primary N) is 1. The van der Waals surface area contributed by atoms with Gasteiger partial charge in [0.25, 0.3) is 0 Å². The molecule has 98 valence electrons. The highest BCUT2D eigenvalue weighted by molar-refractivity contribution is 5.52. The number of rotatable bonds is 2. The molecule has 1 fully saturated rings. The molecule has 0 spiro atoms. The predicted molar refractivity (Wildman–Crippen MR) is 73.1 cm³/mol. The van der Waals surface area contributed by atoms with Crippen molar-refractivity contribution in [3.63, 3.8) is 0 Å². The lowest BCUT2D eigenvalue weighted by Gasteiger charge is -2.34. The Morgan fingerprint density at radius 1 is 1.28 bits per heavy atom. The van der Waals surface area contributed by atoms with Gasteiger partial charge in [-0.25, -0.2) is 0 Å². The molecular weight excluding hydrogens is 224 g/mol. The van der Waals surface area contributed by atoms with Gasteiger partial charge in [0.1, 0.15) is 0 Å². The number of nitrogens with zero attached hydrogens (tertiary/aromatic N) is 1. The fourth-order valence-corrected chi connectivity index (χ4v) is 3.26. The minimum absolute atomic E-state index is 0.626. The zero-order valence-electron chi connectivity index (χ0n) is 11.1. The first kappa shape index (κ1) is 12.0. The topological polar surface area (TPSA) is 38.5 Å². The number of fused-ring (bicyclic) bond motifs is 1. The molecule has 1 atom stereocenters. The van der Waals surface area contributed by atoms with Crippen molar-refractivity contribution < 1.29 is 4.74 Å². The molecule has 0 amide bonds. The summed E-state index contributed by atoms with van der Waals surface area (Å²) in [6.45, 7) is 6.29. The Morgan fingerprint density at radius 3 is 2.78 bits per heavy atom. The van der Waals surface area contributed by atoms with E-state index in [0.29, 0.717) is 6.04 Å². The third kappa shape index (κ3) is 2.13. The number of hydrogen-bond donors (Lipinski definition) is 1. The number of ether oxygens (including phenoxy) is 1. The SMILES string of the molecule is CC(C1CCOCC1)N1Cc2cccc(N)c2C1. The summed E-state index contributed by atoms with van der Waals surface area (Å²) in [5.74, 6) is 0.772. The van der Waals surface area contributed by atoms with Gasteiger partial charge in [-0.05, 0) is 42.9 Å². The molecular formula is C15H22N2O. The predicted octanol–water partition coefficient (Wildman–Crippen LogP) is 2.40. The number of hydrogen-bond acceptors (Lipinski definition) is 3. The third-order valence-electron chi connectivity index (χ3n) is 4.57. The van der Waals surface area contributed by atoms with Gasteiger partial charge in [-0.3, -0.25) is 4.90 Å². The van der Waals surface area contributed by atoms with Gasteiger partial charge < -0.3 is 10.5 Å². The number of anilines is 1. The van der Waals surface area contributed by atoms with Crippen LogP contribution in [0.5, 0.6) is 0 Å². The lowest BCUT2D eigenvalue weighted by atomic mass is 9.92. The summed E-state index contributed by atoms with van der Waals surface area (Å²) < 4.78 is 5.45. The van der Waals surface area contributed by atoms with E-state index >= 15 is 0 Å². The minimum atomic E-state index is 0.626. The Morgan fingerprint density at radius 2 is 2.06 bits per heavy atom. The molecule has 1 unspecified atom stereocenters. The summed E-state index contributed by atoms with van der Waals surface area (Å²) in [6, 6.07) is 6.92. The molecule has 2 N–H and O–H groups in total. The maximum Gasteiger partial charge on any atom is 0.0469 e. The minimum Gasteiger partial charge on any atom is -0.398 e. The van der Waals surface area contributed by atoms with Crippen LogP contribution in [0.15, 0.2) is 18.2 Å². The Balaban J connectivity index is 1.71. The maximum atomic E-state index is 6.07. The molecule has 2 aliphatic heterocycles. The Bertz CT molecular complexity index is 427. The highest BCUT2D eigenvalue weighted by Crippen LogP contribution is 2.32. The standard InChI is InChI=1S/C15H22N2O/c1-11(12-5-7-18-8-6-12)17-9-13-3-2-4-15(16)14(13)10-17/h2-4,11-12H,5-10,16H2,1H3. The zero-order valence-corrected chi connectivity index (χ0v) is 11.1. The van der Waals surface area contributed by atoms with Crippen LogP contribution >= 0.6 is 0 Å². The van der Waals surface area contributed by atoms with E-state index < -0.39 is 0 Å². The van der Waals surface area contributed by atoms with Crippen molar-refractivity contribution in [1.82, 2.24) is 4.90 Å². The van der Waals surface area contributed by atoms with Gasteiger partial charge in [0.15, 0.2) is 0 Å². The van der Waals surface area contributed by atoms with Gasteiger partial charge in [0.2, 0.25) is 0 Å². The molecule has 0 bridgehead atoms. The molecule has 0 aliphatic carbocycles. The van der Waals surface area contributed by atoms with Crippen molar-refractivity contribution in [2.24, 2.45) is 5.92 Å². The number of nitrogen functional groups attached to an aromatic ring is 1. The average molecular weight is 246 g/mol. The van der Waals surface area contributed by atoms with E-state index in [1.807, 2.05) is 6.07 Å². The van der Waals surface area contributed by atoms with Crippen LogP contribution in [0.25, 0.3) is 0 Å². The van der Waals surface area contributed by atoms with E-state index in [4.69, 9.17) is 10.5 Å². The first-order valence-corrected chi connectivity index (χ1v) is 6.93. The van der Waals surface area contributed by atoms with Crippen LogP contribution < -0.4 is 5.73 Å². The van der Waals surface area contributed by atoms with E-state index in [0.717, 1.165) is 37.9 Å². The third-order valence-corrected chi connectivity index (χ3v) is 4.57. The van der Waals surface area contributed by atoms with E-state index in [-0.39, 0.29) is 0 Å². The van der Waals surface area contributed by atoms with Gasteiger partial charge in [0.05, 0.1) is 0 Å². The van der Waals surface area contributed by atoms with E-state index in [2.05, 4.69) is 24.0 Å². The largest absolute Gasteiger partial charge is 0.398 e. The molecule has 1 aromatic rings. The molecule has 2 heterocycles. The van der Waals surface area contributed by atoms with Crippen LogP contribution in [-0.2, 0) is 17.8 Å². The molecule has 1 saturated heterocycles. The smallest absolute Gasteiger partial charge is 0.0469 e. The van der Waals surface area contributed by atoms with Gasteiger partial charge in [-0.1, -0.05) is 12.1 Å². The average Bonchev–Trinajstić information content (AvgIpc) is 2.84. The molecule has 3 rings (SSSR count). The molecule has 18 heavy (non-hydrogen) atoms. The lowest BCUT2D eigenvalue weighted by molar-refractivity contribution is 0.0291. The quantitative estimate of drug-likeness (QED) is 0.814. The second kappa shape index (κ2) is 4.90. The van der Waals surface area contributed by atoms with Gasteiger partial charge >= 0.3 is 0 Å². The molecule has 3 heteroatoms. The number of benzene rings is 1. The summed E-state index contributed by atoms with van der Waals surface area (Å²) in [4.78, 5) is 2.57. The first-order valence-electron chi connectivity index (χ1n) is 6.93. The van der Waals surface area contributed by atoms with Crippen LogP contribution in [0.3, 0.4) is 0 Å². The highest BCUT2D eigenvalue weighted by Gasteiger charge is 2.30. The van der Waals surface area contributed by atoms with Crippen LogP contribution in [0.4, 0.5) is 5.69 Å². The summed E-state index contributed by atoms with van der Waals surface area (Å²) in [5, 5.41) is 0. The first-order chi connectivity index (χ1) is 8.75. The van der Waals surface area contributed by atoms with Crippen molar-refractivity contribution in [2.45, 2.75) is 38.9 Å². The molecule has 0 saturated carbocycles. The Labute approximate surface area is 109 Å². The zero-order chi connectivity index (χ0) is 12.5. The van der Waals surface area contributed by atoms with Crippen molar-refractivity contribution in [1.29, 1.82) is 0 Å². The fraction of sp³-hybridized carbons (Fsp3) is 0.600. The lowest BCUT2D eigenvalue weighted by Crippen LogP contribution is -2.37. The maximum absolute atomic E-state index is 6.07. The van der Waals surface area contributed by atoms with Crippen molar-refractivity contribution in [3.8, 4) is 0 Å². The Hall–Kier alpha value is -1.06. The molecule has 2 aliphatic rings. The van der Waals surface area contributed by atoms with Crippen molar-refractivity contribution in [2.75, 3.05) is 18.9 Å². The van der Waals surface area contributed by atoms with Gasteiger partial charge in [-0.2, -0.15) is 0 Å². The second-order valence-electron chi connectivity index (χ2n) is 5.58. The second-order valence-corrected chi connectivity index (χ2v) is 5.58. The molecule has 0 aromatic heterocycles. The van der Waals surface area contributed by atoms with Crippen LogP contribution in [0.2, 0.25) is 0 Å². The molecule has 3 nitrogen and oxygen atoms in total. The summed E-state index contributed by atoms with van der Waals surface area (Å²) >= 11 is 0. The van der Waals surface area contributed by atoms with Crippen molar-refractivity contribution in [3.05, 3.63) is 29.3 Å². The highest BCUT2D eigenvalue weighted by atomic mass is 16.5. The van der Waals surface area contributed by atoms with Crippen molar-refractivity contribution >= 4 is 5.69 Å². The van der Waals surface area contributed by atoms with Crippen LogP contribution in [0.1, 0.15) is 30.9 Å². The van der Waals surface area contributed by atoms with Gasteiger partial charge in [0, 0.05) is 38.0 Å². The van der Waals surface area contributed by atoms with E-state index in [1.165, 1.54) is 24.0 Å². The summed E-state index contributed by atoms with van der Waals surface area (Å²) in [6.07, 6.45) is 2.40. The molecule has 0 radical (unpaired) electrons. The molecule has 1 aromatic carbocycles. The monoisotopic (exact) mass is 246 g/mol. The van der Waals surface area contributed by atoms with E-state index in [9.17, 15) is 0 Å². The summed E-state index contributed by atoms with van der Waals surface area (Å²) in [7, 11) is 0. The van der Waals surface area contributed by atoms with Crippen LogP contribution in [-0.4, -0.2) is 24.2 Å². The van der Waals surface area contributed by atoms with Crippen LogP contribution in [0, 0.1) is 5.92 Å². The summed E-state index contributed by atoms with van der Waals surface area (Å²) in [5.41, 5.74) is 9.77.